The Morgan fingerprint density at radius 3 is 2.63 bits per heavy atom. The Morgan fingerprint density at radius 2 is 2.05 bits per heavy atom. The van der Waals surface area contributed by atoms with E-state index in [1.165, 1.54) is 0 Å². The summed E-state index contributed by atoms with van der Waals surface area (Å²) in [5.41, 5.74) is 7.74. The molecule has 0 bridgehead atoms. The molecule has 0 saturated carbocycles. The Balaban J connectivity index is 0.00000180. The maximum atomic E-state index is 12.0. The smallest absolute Gasteiger partial charge is 0.154 e. The molecule has 1 heterocycles. The van der Waals surface area contributed by atoms with E-state index in [1.54, 1.807) is 12.5 Å². The number of carbonyl (C=O) groups is 1. The highest BCUT2D eigenvalue weighted by atomic mass is 79.9. The number of Topliss-reactive ketones (excluding diaryl/α,β-unsaturated/α-hetero) is 1. The Labute approximate surface area is 126 Å². The van der Waals surface area contributed by atoms with Gasteiger partial charge in [0, 0.05) is 29.2 Å². The van der Waals surface area contributed by atoms with Crippen LogP contribution in [0.3, 0.4) is 0 Å². The molecule has 102 valence electrons. The molecule has 0 fully saturated rings. The van der Waals surface area contributed by atoms with Crippen LogP contribution < -0.4 is 5.73 Å². The van der Waals surface area contributed by atoms with E-state index >= 15 is 0 Å². The Hall–Kier alpha value is -1.17. The molecular weight excluding hydrogens is 330 g/mol. The zero-order valence-corrected chi connectivity index (χ0v) is 12.6. The van der Waals surface area contributed by atoms with Gasteiger partial charge in [0.15, 0.2) is 5.78 Å². The lowest BCUT2D eigenvalue weighted by Gasteiger charge is -2.09. The van der Waals surface area contributed by atoms with Gasteiger partial charge in [0.2, 0.25) is 0 Å². The first-order chi connectivity index (χ1) is 8.65. The van der Waals surface area contributed by atoms with E-state index in [1.807, 2.05) is 24.3 Å². The van der Waals surface area contributed by atoms with Gasteiger partial charge in [-0.25, -0.2) is 4.98 Å². The maximum Gasteiger partial charge on any atom is 0.154 e. The van der Waals surface area contributed by atoms with Crippen LogP contribution in [0.4, 0.5) is 0 Å². The van der Waals surface area contributed by atoms with Crippen molar-refractivity contribution in [1.29, 1.82) is 0 Å². The molecule has 2 rings (SSSR count). The summed E-state index contributed by atoms with van der Waals surface area (Å²) in [5.74, 6) is 0.0342. The van der Waals surface area contributed by atoms with E-state index in [9.17, 15) is 4.79 Å². The number of benzene rings is 1. The first-order valence-electron chi connectivity index (χ1n) is 5.65. The molecule has 0 saturated heterocycles. The summed E-state index contributed by atoms with van der Waals surface area (Å²) in [5, 5.41) is 0. The number of nitrogens with one attached hydrogen (secondary N) is 1. The van der Waals surface area contributed by atoms with Crippen molar-refractivity contribution in [2.45, 2.75) is 18.9 Å². The van der Waals surface area contributed by atoms with E-state index < -0.39 is 6.04 Å². The minimum Gasteiger partial charge on any atom is -0.348 e. The summed E-state index contributed by atoms with van der Waals surface area (Å²) < 4.78 is 1.00. The fraction of sp³-hybridized carbons (Fsp3) is 0.231. The lowest BCUT2D eigenvalue weighted by atomic mass is 10.0. The first kappa shape index (κ1) is 15.9. The number of carbonyl (C=O) groups excluding carboxylic acids is 1. The molecule has 3 N–H and O–H groups in total. The standard InChI is InChI=1S/C13H14BrN3O.ClH/c14-10-3-1-9(2-4-10)5-13(18)12(15)6-11-7-16-8-17-11;/h1-4,7-8,12H,5-6,15H2,(H,16,17);1H/t12-;/m0./s1. The van der Waals surface area contributed by atoms with Crippen molar-refractivity contribution >= 4 is 34.1 Å². The number of halogens is 2. The molecular formula is C13H15BrClN3O. The summed E-state index contributed by atoms with van der Waals surface area (Å²) in [6.45, 7) is 0. The Bertz CT molecular complexity index is 513. The average Bonchev–Trinajstić information content (AvgIpc) is 2.85. The number of imidazole rings is 1. The molecule has 0 aliphatic carbocycles. The van der Waals surface area contributed by atoms with Crippen molar-refractivity contribution in [2.24, 2.45) is 5.73 Å². The quantitative estimate of drug-likeness (QED) is 0.874. The van der Waals surface area contributed by atoms with Gasteiger partial charge < -0.3 is 10.7 Å². The van der Waals surface area contributed by atoms with Gasteiger partial charge in [0.25, 0.3) is 0 Å². The SMILES string of the molecule is Cl.N[C@@H](Cc1cnc[nH]1)C(=O)Cc1ccc(Br)cc1. The summed E-state index contributed by atoms with van der Waals surface area (Å²) in [6.07, 6.45) is 4.13. The number of aromatic nitrogens is 2. The van der Waals surface area contributed by atoms with E-state index in [-0.39, 0.29) is 18.2 Å². The lowest BCUT2D eigenvalue weighted by molar-refractivity contribution is -0.119. The van der Waals surface area contributed by atoms with Crippen molar-refractivity contribution in [2.75, 3.05) is 0 Å². The summed E-state index contributed by atoms with van der Waals surface area (Å²) in [6, 6.07) is 7.19. The normalized spacial score (nSPS) is 11.7. The van der Waals surface area contributed by atoms with Crippen LogP contribution in [0.1, 0.15) is 11.3 Å². The van der Waals surface area contributed by atoms with Crippen LogP contribution in [0.25, 0.3) is 0 Å². The van der Waals surface area contributed by atoms with Crippen LogP contribution in [0.5, 0.6) is 0 Å². The fourth-order valence-electron chi connectivity index (χ4n) is 1.68. The number of nitrogens with zero attached hydrogens (tertiary/aromatic N) is 1. The van der Waals surface area contributed by atoms with Crippen LogP contribution in [0.2, 0.25) is 0 Å². The fourth-order valence-corrected chi connectivity index (χ4v) is 1.95. The first-order valence-corrected chi connectivity index (χ1v) is 6.44. The van der Waals surface area contributed by atoms with E-state index in [4.69, 9.17) is 5.73 Å². The number of nitrogens with two attached hydrogens (primary N) is 1. The summed E-state index contributed by atoms with van der Waals surface area (Å²) in [7, 11) is 0. The van der Waals surface area contributed by atoms with Gasteiger partial charge in [-0.2, -0.15) is 0 Å². The molecule has 19 heavy (non-hydrogen) atoms. The number of rotatable bonds is 5. The molecule has 0 amide bonds. The zero-order valence-electron chi connectivity index (χ0n) is 10.2. The predicted octanol–water partition coefficient (Wildman–Crippen LogP) is 2.28. The average molecular weight is 345 g/mol. The van der Waals surface area contributed by atoms with E-state index in [0.717, 1.165) is 15.7 Å². The van der Waals surface area contributed by atoms with Crippen LogP contribution in [-0.4, -0.2) is 21.8 Å². The molecule has 0 radical (unpaired) electrons. The molecule has 1 atom stereocenters. The minimum atomic E-state index is -0.492. The second-order valence-corrected chi connectivity index (χ2v) is 5.07. The summed E-state index contributed by atoms with van der Waals surface area (Å²) in [4.78, 5) is 18.8. The molecule has 6 heteroatoms. The third-order valence-corrected chi connectivity index (χ3v) is 3.23. The van der Waals surface area contributed by atoms with Gasteiger partial charge in [-0.15, -0.1) is 12.4 Å². The number of ketones is 1. The van der Waals surface area contributed by atoms with E-state index in [0.29, 0.717) is 12.8 Å². The molecule has 0 spiro atoms. The predicted molar refractivity (Wildman–Crippen MR) is 80.4 cm³/mol. The van der Waals surface area contributed by atoms with Gasteiger partial charge in [-0.05, 0) is 17.7 Å². The lowest BCUT2D eigenvalue weighted by Crippen LogP contribution is -2.34. The van der Waals surface area contributed by atoms with Crippen molar-refractivity contribution in [1.82, 2.24) is 9.97 Å². The van der Waals surface area contributed by atoms with Gasteiger partial charge in [0.05, 0.1) is 12.4 Å². The largest absolute Gasteiger partial charge is 0.348 e. The van der Waals surface area contributed by atoms with Crippen LogP contribution in [-0.2, 0) is 17.6 Å². The molecule has 4 nitrogen and oxygen atoms in total. The Kier molecular flexibility index (Phi) is 6.21. The van der Waals surface area contributed by atoms with E-state index in [2.05, 4.69) is 25.9 Å². The Morgan fingerprint density at radius 1 is 1.37 bits per heavy atom. The molecule has 0 unspecified atom stereocenters. The van der Waals surface area contributed by atoms with Gasteiger partial charge in [-0.1, -0.05) is 28.1 Å². The maximum absolute atomic E-state index is 12.0. The van der Waals surface area contributed by atoms with Crippen molar-refractivity contribution in [3.05, 3.63) is 52.5 Å². The van der Waals surface area contributed by atoms with Crippen LogP contribution in [0, 0.1) is 0 Å². The highest BCUT2D eigenvalue weighted by Gasteiger charge is 2.15. The molecule has 2 aromatic rings. The zero-order chi connectivity index (χ0) is 13.0. The van der Waals surface area contributed by atoms with Crippen molar-refractivity contribution in [3.63, 3.8) is 0 Å². The second kappa shape index (κ2) is 7.43. The van der Waals surface area contributed by atoms with Gasteiger partial charge in [-0.3, -0.25) is 4.79 Å². The van der Waals surface area contributed by atoms with Gasteiger partial charge >= 0.3 is 0 Å². The number of hydrogen-bond acceptors (Lipinski definition) is 3. The van der Waals surface area contributed by atoms with Crippen LogP contribution >= 0.6 is 28.3 Å². The minimum absolute atomic E-state index is 0. The number of aromatic amines is 1. The highest BCUT2D eigenvalue weighted by Crippen LogP contribution is 2.11. The molecule has 1 aromatic carbocycles. The second-order valence-electron chi connectivity index (χ2n) is 4.16. The third-order valence-electron chi connectivity index (χ3n) is 2.70. The molecule has 0 aliphatic heterocycles. The monoisotopic (exact) mass is 343 g/mol. The number of H-pyrrole nitrogens is 1. The topological polar surface area (TPSA) is 71.8 Å². The third kappa shape index (κ3) is 4.78. The molecule has 0 aliphatic rings. The summed E-state index contributed by atoms with van der Waals surface area (Å²) >= 11 is 3.36. The van der Waals surface area contributed by atoms with Crippen LogP contribution in [0.15, 0.2) is 41.3 Å². The van der Waals surface area contributed by atoms with Gasteiger partial charge in [0.1, 0.15) is 0 Å². The molecule has 1 aromatic heterocycles. The van der Waals surface area contributed by atoms with Crippen molar-refractivity contribution < 1.29 is 4.79 Å². The highest BCUT2D eigenvalue weighted by molar-refractivity contribution is 9.10. The van der Waals surface area contributed by atoms with Crippen molar-refractivity contribution in [3.8, 4) is 0 Å². The number of hydrogen-bond donors (Lipinski definition) is 2.